The highest BCUT2D eigenvalue weighted by Gasteiger charge is 2.31. The predicted octanol–water partition coefficient (Wildman–Crippen LogP) is 5.34. The van der Waals surface area contributed by atoms with Crippen molar-refractivity contribution in [2.24, 2.45) is 11.7 Å². The molecule has 0 saturated heterocycles. The molecule has 0 fully saturated rings. The molecule has 0 aliphatic heterocycles. The number of anilines is 1. The highest BCUT2D eigenvalue weighted by atomic mass is 32.2. The number of thiophene rings is 1. The van der Waals surface area contributed by atoms with E-state index in [1.54, 1.807) is 13.1 Å². The van der Waals surface area contributed by atoms with E-state index in [0.29, 0.717) is 35.5 Å². The minimum atomic E-state index is -4.34. The van der Waals surface area contributed by atoms with Crippen molar-refractivity contribution in [2.75, 3.05) is 17.5 Å². The van der Waals surface area contributed by atoms with Crippen LogP contribution in [0, 0.1) is 5.92 Å². The van der Waals surface area contributed by atoms with Gasteiger partial charge in [-0.1, -0.05) is 68.4 Å². The molecule has 1 amide bonds. The Kier molecular flexibility index (Phi) is 9.06. The van der Waals surface area contributed by atoms with Gasteiger partial charge in [0.1, 0.15) is 17.4 Å². The largest absolute Gasteiger partial charge is 0.470 e. The lowest BCUT2D eigenvalue weighted by molar-refractivity contribution is -0.109. The zero-order valence-electron chi connectivity index (χ0n) is 22.6. The predicted molar refractivity (Wildman–Crippen MR) is 158 cm³/mol. The molecule has 4 rings (SSSR count). The minimum Gasteiger partial charge on any atom is -0.470 e. The second kappa shape index (κ2) is 12.5. The summed E-state index contributed by atoms with van der Waals surface area (Å²) in [4.78, 5) is 28.3. The topological polar surface area (TPSA) is 125 Å². The van der Waals surface area contributed by atoms with Crippen molar-refractivity contribution in [3.05, 3.63) is 77.3 Å². The number of benzene rings is 2. The van der Waals surface area contributed by atoms with E-state index < -0.39 is 15.3 Å². The fourth-order valence-electron chi connectivity index (χ4n) is 4.40. The monoisotopic (exact) mass is 580 g/mol. The number of sulfonamides is 1. The highest BCUT2D eigenvalue weighted by molar-refractivity contribution is 8.07. The number of hydrogen-bond donors (Lipinski definition) is 1. The summed E-state index contributed by atoms with van der Waals surface area (Å²) in [5.74, 6) is 1.55. The minimum absolute atomic E-state index is 0.0739. The summed E-state index contributed by atoms with van der Waals surface area (Å²) in [5, 5.41) is -0.910. The third-order valence-electron chi connectivity index (χ3n) is 6.19. The first-order chi connectivity index (χ1) is 19.1. The van der Waals surface area contributed by atoms with E-state index in [0.717, 1.165) is 37.9 Å². The summed E-state index contributed by atoms with van der Waals surface area (Å²) in [5.41, 5.74) is 8.64. The van der Waals surface area contributed by atoms with Crippen LogP contribution in [0.1, 0.15) is 31.2 Å². The van der Waals surface area contributed by atoms with Gasteiger partial charge in [0.2, 0.25) is 5.88 Å². The Hall–Kier alpha value is -3.96. The molecule has 210 valence electrons. The third-order valence-corrected chi connectivity index (χ3v) is 9.01. The van der Waals surface area contributed by atoms with E-state index >= 15 is 0 Å². The normalized spacial score (nSPS) is 11.5. The number of aldehydes is 1. The first kappa shape index (κ1) is 29.0. The van der Waals surface area contributed by atoms with Crippen LogP contribution in [-0.4, -0.2) is 42.6 Å². The number of amides is 1. The van der Waals surface area contributed by atoms with Crippen LogP contribution in [0.2, 0.25) is 0 Å². The molecule has 0 spiro atoms. The van der Waals surface area contributed by atoms with E-state index in [2.05, 4.69) is 18.8 Å². The van der Waals surface area contributed by atoms with E-state index in [-0.39, 0.29) is 13.2 Å². The van der Waals surface area contributed by atoms with Crippen molar-refractivity contribution in [1.82, 2.24) is 9.55 Å². The number of hydrogen-bond acceptors (Lipinski definition) is 7. The number of carbonyl (C=O) groups is 2. The molecule has 2 aromatic heterocycles. The number of rotatable bonds is 12. The van der Waals surface area contributed by atoms with Crippen molar-refractivity contribution in [3.63, 3.8) is 0 Å². The highest BCUT2D eigenvalue weighted by Crippen LogP contribution is 2.41. The molecule has 40 heavy (non-hydrogen) atoms. The fourth-order valence-corrected chi connectivity index (χ4v) is 7.03. The molecule has 0 atom stereocenters. The first-order valence-electron chi connectivity index (χ1n) is 12.9. The van der Waals surface area contributed by atoms with Gasteiger partial charge < -0.3 is 10.5 Å². The van der Waals surface area contributed by atoms with Crippen LogP contribution >= 0.6 is 11.3 Å². The maximum absolute atomic E-state index is 12.8. The Labute approximate surface area is 238 Å². The summed E-state index contributed by atoms with van der Waals surface area (Å²) in [6.07, 6.45) is 3.07. The van der Waals surface area contributed by atoms with Crippen LogP contribution in [-0.2, 0) is 27.8 Å². The molecule has 4 aromatic rings. The summed E-state index contributed by atoms with van der Waals surface area (Å²) in [7, 11) is -4.34. The molecule has 0 aliphatic rings. The van der Waals surface area contributed by atoms with Crippen LogP contribution in [0.4, 0.5) is 9.80 Å². The molecule has 11 heteroatoms. The van der Waals surface area contributed by atoms with Gasteiger partial charge in [-0.2, -0.15) is 8.42 Å². The van der Waals surface area contributed by atoms with Gasteiger partial charge in [0, 0.05) is 22.5 Å². The summed E-state index contributed by atoms with van der Waals surface area (Å²) in [6, 6.07) is 19.5. The van der Waals surface area contributed by atoms with Crippen LogP contribution in [0.5, 0.6) is 5.88 Å². The van der Waals surface area contributed by atoms with Gasteiger partial charge in [-0.15, -0.1) is 11.3 Å². The Morgan fingerprint density at radius 2 is 1.82 bits per heavy atom. The molecule has 9 nitrogen and oxygen atoms in total. The summed E-state index contributed by atoms with van der Waals surface area (Å²) >= 11 is 1.36. The Morgan fingerprint density at radius 1 is 1.12 bits per heavy atom. The van der Waals surface area contributed by atoms with Crippen LogP contribution in [0.15, 0.2) is 66.9 Å². The molecule has 0 radical (unpaired) electrons. The second-order valence-electron chi connectivity index (χ2n) is 9.57. The van der Waals surface area contributed by atoms with Gasteiger partial charge >= 0.3 is 15.3 Å². The summed E-state index contributed by atoms with van der Waals surface area (Å²) < 4.78 is 34.2. The fraction of sp³-hybridized carbons (Fsp3) is 0.276. The maximum atomic E-state index is 12.8. The van der Waals surface area contributed by atoms with Gasteiger partial charge in [0.25, 0.3) is 0 Å². The number of ether oxygens (including phenoxy) is 1. The number of primary amides is 1. The molecule has 0 aliphatic carbocycles. The smallest absolute Gasteiger partial charge is 0.354 e. The molecule has 2 N–H and O–H groups in total. The van der Waals surface area contributed by atoms with Crippen molar-refractivity contribution in [1.29, 1.82) is 0 Å². The van der Waals surface area contributed by atoms with E-state index in [1.165, 1.54) is 11.3 Å². The molecule has 0 saturated carbocycles. The van der Waals surface area contributed by atoms with Gasteiger partial charge in [0.05, 0.1) is 12.7 Å². The lowest BCUT2D eigenvalue weighted by Gasteiger charge is -2.20. The van der Waals surface area contributed by atoms with Gasteiger partial charge in [0.15, 0.2) is 6.29 Å². The van der Waals surface area contributed by atoms with Crippen LogP contribution in [0.25, 0.3) is 22.5 Å². The van der Waals surface area contributed by atoms with Crippen molar-refractivity contribution >= 4 is 37.9 Å². The van der Waals surface area contributed by atoms with Gasteiger partial charge in [-0.05, 0) is 36.5 Å². The second-order valence-corrected chi connectivity index (χ2v) is 12.5. The molecule has 2 heterocycles. The summed E-state index contributed by atoms with van der Waals surface area (Å²) in [6.45, 7) is 6.29. The zero-order chi connectivity index (χ0) is 28.9. The zero-order valence-corrected chi connectivity index (χ0v) is 24.2. The Bertz CT molecular complexity index is 1580. The lowest BCUT2D eigenvalue weighted by Crippen LogP contribution is -2.38. The van der Waals surface area contributed by atoms with Gasteiger partial charge in [-0.3, -0.25) is 18.5 Å². The van der Waals surface area contributed by atoms with E-state index in [1.807, 2.05) is 65.2 Å². The molecule has 0 unspecified atom stereocenters. The van der Waals surface area contributed by atoms with Gasteiger partial charge in [-0.25, -0.2) is 4.98 Å². The SMILES string of the molecule is CCN(c1sc(CC(C)C)cc1-c1ccc(Cn2c(OCC=O)cnc2-c2ccccc2)cc1)S(=O)(=O)C(N)=O. The first-order valence-corrected chi connectivity index (χ1v) is 15.1. The number of aromatic nitrogens is 2. The Morgan fingerprint density at radius 3 is 2.42 bits per heavy atom. The van der Waals surface area contributed by atoms with E-state index in [4.69, 9.17) is 10.5 Å². The van der Waals surface area contributed by atoms with Crippen LogP contribution in [0.3, 0.4) is 0 Å². The van der Waals surface area contributed by atoms with Crippen LogP contribution < -0.4 is 14.8 Å². The van der Waals surface area contributed by atoms with Crippen molar-refractivity contribution < 1.29 is 22.7 Å². The van der Waals surface area contributed by atoms with Crippen molar-refractivity contribution in [2.45, 2.75) is 33.7 Å². The van der Waals surface area contributed by atoms with E-state index in [9.17, 15) is 18.0 Å². The molecular weight excluding hydrogens is 548 g/mol. The quantitative estimate of drug-likeness (QED) is 0.226. The van der Waals surface area contributed by atoms with Crippen molar-refractivity contribution in [3.8, 4) is 28.4 Å². The average Bonchev–Trinajstić information content (AvgIpc) is 3.52. The molecule has 0 bridgehead atoms. The molecular formula is C29H32N4O5S2. The number of nitrogens with zero attached hydrogens (tertiary/aromatic N) is 3. The molecule has 2 aromatic carbocycles. The Balaban J connectivity index is 1.71. The number of imidazole rings is 1. The lowest BCUT2D eigenvalue weighted by atomic mass is 10.0. The third kappa shape index (κ3) is 6.26. The number of carbonyl (C=O) groups excluding carboxylic acids is 2. The average molecular weight is 581 g/mol. The number of nitrogens with two attached hydrogens (primary N) is 1. The maximum Gasteiger partial charge on any atom is 0.354 e. The standard InChI is InChI=1S/C29H32N4O5S2/c1-4-33(40(36,37)29(30)35)28-25(17-24(39-28)16-20(2)3)22-12-10-21(11-13-22)19-32-26(38-15-14-34)18-31-27(32)23-8-6-5-7-9-23/h5-14,17-18,20H,4,15-16,19H2,1-3H3,(H2,30,35).